The molecule has 0 aliphatic carbocycles. The van der Waals surface area contributed by atoms with Crippen LogP contribution in [0, 0.1) is 0 Å². The Bertz CT molecular complexity index is 797. The van der Waals surface area contributed by atoms with Gasteiger partial charge in [-0.2, -0.15) is 0 Å². The van der Waals surface area contributed by atoms with E-state index in [1.165, 1.54) is 0 Å². The number of carbonyl (C=O) groups is 1. The van der Waals surface area contributed by atoms with Crippen LogP contribution in [0.4, 0.5) is 0 Å². The van der Waals surface area contributed by atoms with Gasteiger partial charge in [0.2, 0.25) is 5.91 Å². The van der Waals surface area contributed by atoms with Crippen LogP contribution in [-0.4, -0.2) is 92.4 Å². The van der Waals surface area contributed by atoms with Crippen LogP contribution in [0.1, 0.15) is 5.56 Å². The number of hydrogen-bond donors (Lipinski definition) is 0. The zero-order valence-electron chi connectivity index (χ0n) is 15.0. The molecular weight excluding hydrogens is 354 g/mol. The van der Waals surface area contributed by atoms with E-state index in [0.29, 0.717) is 39.3 Å². The summed E-state index contributed by atoms with van der Waals surface area (Å²) in [6, 6.07) is 7.60. The Kier molecular flexibility index (Phi) is 4.66. The van der Waals surface area contributed by atoms with Crippen molar-refractivity contribution in [2.45, 2.75) is 18.6 Å². The molecule has 0 bridgehead atoms. The van der Waals surface area contributed by atoms with Crippen molar-refractivity contribution in [1.82, 2.24) is 14.7 Å². The van der Waals surface area contributed by atoms with Crippen molar-refractivity contribution < 1.29 is 17.9 Å². The van der Waals surface area contributed by atoms with Crippen LogP contribution in [0.3, 0.4) is 0 Å². The molecule has 0 saturated carbocycles. The number of fused-ring (bicyclic) bond motifs is 2. The Balaban J connectivity index is 1.46. The van der Waals surface area contributed by atoms with Gasteiger partial charge in [-0.05, 0) is 13.1 Å². The van der Waals surface area contributed by atoms with Crippen LogP contribution in [0.2, 0.25) is 0 Å². The van der Waals surface area contributed by atoms with Crippen molar-refractivity contribution in [2.75, 3.05) is 51.3 Å². The number of nitrogens with zero attached hydrogens (tertiary/aromatic N) is 3. The fraction of sp³-hybridized carbons (Fsp3) is 0.611. The standard InChI is InChI=1S/C18H25N3O4S/c1-19-6-7-21(16-13-26(23,24)12-15(16)19)18(22)11-20-8-9-25-17-5-3-2-4-14(17)10-20/h2-5,15-16H,6-13H2,1H3/t15-,16+/m1/s1. The van der Waals surface area contributed by atoms with Gasteiger partial charge in [0.15, 0.2) is 9.84 Å². The highest BCUT2D eigenvalue weighted by molar-refractivity contribution is 7.91. The maximum Gasteiger partial charge on any atom is 0.237 e. The SMILES string of the molecule is CN1CCN(C(=O)CN2CCOc3ccccc3C2)[C@H]2CS(=O)(=O)C[C@H]21. The number of benzene rings is 1. The van der Waals surface area contributed by atoms with Crippen LogP contribution < -0.4 is 4.74 Å². The third-order valence-corrected chi connectivity index (χ3v) is 7.36. The summed E-state index contributed by atoms with van der Waals surface area (Å²) in [6.07, 6.45) is 0. The summed E-state index contributed by atoms with van der Waals surface area (Å²) in [5, 5.41) is 0. The number of likely N-dealkylation sites (N-methyl/N-ethyl adjacent to an activating group) is 1. The highest BCUT2D eigenvalue weighted by atomic mass is 32.2. The van der Waals surface area contributed by atoms with Crippen LogP contribution >= 0.6 is 0 Å². The predicted octanol–water partition coefficient (Wildman–Crippen LogP) is -0.179. The second-order valence-corrected chi connectivity index (χ2v) is 9.60. The molecule has 3 heterocycles. The zero-order chi connectivity index (χ0) is 18.3. The lowest BCUT2D eigenvalue weighted by atomic mass is 10.1. The molecule has 7 nitrogen and oxygen atoms in total. The Morgan fingerprint density at radius 3 is 2.77 bits per heavy atom. The minimum atomic E-state index is -3.08. The van der Waals surface area contributed by atoms with E-state index in [9.17, 15) is 13.2 Å². The fourth-order valence-electron chi connectivity index (χ4n) is 4.23. The molecule has 0 radical (unpaired) electrons. The summed E-state index contributed by atoms with van der Waals surface area (Å²) in [5.74, 6) is 1.14. The Hall–Kier alpha value is -1.64. The van der Waals surface area contributed by atoms with E-state index in [0.717, 1.165) is 11.3 Å². The predicted molar refractivity (Wildman–Crippen MR) is 97.8 cm³/mol. The summed E-state index contributed by atoms with van der Waals surface area (Å²) >= 11 is 0. The van der Waals surface area contributed by atoms with E-state index >= 15 is 0 Å². The molecule has 142 valence electrons. The van der Waals surface area contributed by atoms with E-state index in [1.807, 2.05) is 31.3 Å². The van der Waals surface area contributed by atoms with Crippen molar-refractivity contribution in [2.24, 2.45) is 0 Å². The van der Waals surface area contributed by atoms with Crippen LogP contribution in [0.5, 0.6) is 5.75 Å². The monoisotopic (exact) mass is 379 g/mol. The van der Waals surface area contributed by atoms with Gasteiger partial charge in [0.05, 0.1) is 24.1 Å². The zero-order valence-corrected chi connectivity index (χ0v) is 15.8. The quantitative estimate of drug-likeness (QED) is 0.710. The molecule has 4 rings (SSSR count). The molecule has 26 heavy (non-hydrogen) atoms. The lowest BCUT2D eigenvalue weighted by Crippen LogP contribution is -2.60. The maximum atomic E-state index is 13.0. The molecule has 0 unspecified atom stereocenters. The Morgan fingerprint density at radius 2 is 1.92 bits per heavy atom. The lowest BCUT2D eigenvalue weighted by Gasteiger charge is -2.42. The molecule has 0 N–H and O–H groups in total. The number of piperazine rings is 1. The second-order valence-electron chi connectivity index (χ2n) is 7.45. The third-order valence-electron chi connectivity index (χ3n) is 5.66. The minimum Gasteiger partial charge on any atom is -0.492 e. The van der Waals surface area contributed by atoms with Gasteiger partial charge in [-0.1, -0.05) is 18.2 Å². The first-order valence-electron chi connectivity index (χ1n) is 9.06. The van der Waals surface area contributed by atoms with Crippen molar-refractivity contribution in [3.05, 3.63) is 29.8 Å². The van der Waals surface area contributed by atoms with Crippen LogP contribution in [0.15, 0.2) is 24.3 Å². The van der Waals surface area contributed by atoms with Crippen molar-refractivity contribution in [1.29, 1.82) is 0 Å². The van der Waals surface area contributed by atoms with Crippen LogP contribution in [-0.2, 0) is 21.2 Å². The van der Waals surface area contributed by atoms with Gasteiger partial charge >= 0.3 is 0 Å². The number of para-hydroxylation sites is 1. The molecule has 1 amide bonds. The average Bonchev–Trinajstić information content (AvgIpc) is 2.79. The molecule has 1 aromatic carbocycles. The normalized spacial score (nSPS) is 28.7. The summed E-state index contributed by atoms with van der Waals surface area (Å²) in [5.41, 5.74) is 1.08. The second kappa shape index (κ2) is 6.83. The fourth-order valence-corrected chi connectivity index (χ4v) is 6.29. The molecule has 0 aromatic heterocycles. The first-order chi connectivity index (χ1) is 12.4. The Morgan fingerprint density at radius 1 is 1.15 bits per heavy atom. The molecule has 8 heteroatoms. The molecule has 2 fully saturated rings. The summed E-state index contributed by atoms with van der Waals surface area (Å²) in [6.45, 7) is 3.50. The molecule has 2 saturated heterocycles. The van der Waals surface area contributed by atoms with Gasteiger partial charge in [0.1, 0.15) is 12.4 Å². The first kappa shape index (κ1) is 17.8. The third kappa shape index (κ3) is 3.45. The van der Waals surface area contributed by atoms with E-state index < -0.39 is 9.84 Å². The van der Waals surface area contributed by atoms with Gasteiger partial charge in [0.25, 0.3) is 0 Å². The molecule has 3 aliphatic rings. The first-order valence-corrected chi connectivity index (χ1v) is 10.9. The van der Waals surface area contributed by atoms with Gasteiger partial charge in [0, 0.05) is 37.8 Å². The summed E-state index contributed by atoms with van der Waals surface area (Å²) < 4.78 is 29.9. The smallest absolute Gasteiger partial charge is 0.237 e. The van der Waals surface area contributed by atoms with Crippen molar-refractivity contribution >= 4 is 15.7 Å². The molecule has 0 spiro atoms. The van der Waals surface area contributed by atoms with Gasteiger partial charge in [-0.25, -0.2) is 8.42 Å². The number of sulfone groups is 1. The molecular formula is C18H25N3O4S. The Labute approximate surface area is 154 Å². The largest absolute Gasteiger partial charge is 0.492 e. The van der Waals surface area contributed by atoms with Crippen molar-refractivity contribution in [3.63, 3.8) is 0 Å². The van der Waals surface area contributed by atoms with E-state index in [4.69, 9.17) is 4.74 Å². The summed E-state index contributed by atoms with van der Waals surface area (Å²) in [7, 11) is -1.13. The number of hydrogen-bond acceptors (Lipinski definition) is 6. The van der Waals surface area contributed by atoms with Gasteiger partial charge < -0.3 is 9.64 Å². The van der Waals surface area contributed by atoms with E-state index in [2.05, 4.69) is 9.80 Å². The van der Waals surface area contributed by atoms with Crippen LogP contribution in [0.25, 0.3) is 0 Å². The topological polar surface area (TPSA) is 70.2 Å². The van der Waals surface area contributed by atoms with Crippen molar-refractivity contribution in [3.8, 4) is 5.75 Å². The minimum absolute atomic E-state index is 0.0181. The number of ether oxygens (including phenoxy) is 1. The summed E-state index contributed by atoms with van der Waals surface area (Å²) in [4.78, 5) is 18.9. The number of carbonyl (C=O) groups excluding carboxylic acids is 1. The lowest BCUT2D eigenvalue weighted by molar-refractivity contribution is -0.138. The number of amides is 1. The van der Waals surface area contributed by atoms with E-state index in [-0.39, 0.29) is 29.5 Å². The van der Waals surface area contributed by atoms with Gasteiger partial charge in [-0.3, -0.25) is 14.6 Å². The highest BCUT2D eigenvalue weighted by Crippen LogP contribution is 2.27. The van der Waals surface area contributed by atoms with Gasteiger partial charge in [-0.15, -0.1) is 0 Å². The average molecular weight is 379 g/mol. The highest BCUT2D eigenvalue weighted by Gasteiger charge is 2.46. The molecule has 3 aliphatic heterocycles. The molecule has 2 atom stereocenters. The van der Waals surface area contributed by atoms with E-state index in [1.54, 1.807) is 4.90 Å². The molecule has 1 aromatic rings. The number of rotatable bonds is 2. The maximum absolute atomic E-state index is 13.0.